The van der Waals surface area contributed by atoms with Gasteiger partial charge in [0.2, 0.25) is 0 Å². The molecule has 0 radical (unpaired) electrons. The quantitative estimate of drug-likeness (QED) is 0.748. The van der Waals surface area contributed by atoms with Crippen LogP contribution in [0.3, 0.4) is 0 Å². The fourth-order valence-electron chi connectivity index (χ4n) is 1.68. The second-order valence-corrected chi connectivity index (χ2v) is 4.54. The highest BCUT2D eigenvalue weighted by atomic mass is 32.1. The maximum absolute atomic E-state index is 9.76. The van der Waals surface area contributed by atoms with E-state index >= 15 is 0 Å². The van der Waals surface area contributed by atoms with Crippen LogP contribution in [0.4, 0.5) is 0 Å². The lowest BCUT2D eigenvalue weighted by Gasteiger charge is -2.00. The second-order valence-electron chi connectivity index (χ2n) is 3.61. The Balaban J connectivity index is 2.04. The van der Waals surface area contributed by atoms with Crippen LogP contribution in [0.2, 0.25) is 0 Å². The molecule has 3 rings (SSSR count). The van der Waals surface area contributed by atoms with Crippen molar-refractivity contribution >= 4 is 11.3 Å². The van der Waals surface area contributed by atoms with E-state index in [1.807, 2.05) is 46.6 Å². The number of benzene rings is 1. The first-order chi connectivity index (χ1) is 8.34. The van der Waals surface area contributed by atoms with Crippen LogP contribution in [0.5, 0.6) is 5.75 Å². The molecule has 0 aliphatic rings. The highest BCUT2D eigenvalue weighted by Crippen LogP contribution is 2.27. The van der Waals surface area contributed by atoms with Crippen molar-refractivity contribution in [2.75, 3.05) is 0 Å². The first kappa shape index (κ1) is 10.1. The number of para-hydroxylation sites is 1. The van der Waals surface area contributed by atoms with Gasteiger partial charge in [0, 0.05) is 11.8 Å². The van der Waals surface area contributed by atoms with Crippen molar-refractivity contribution in [1.29, 1.82) is 0 Å². The van der Waals surface area contributed by atoms with Crippen molar-refractivity contribution in [1.82, 2.24) is 9.78 Å². The van der Waals surface area contributed by atoms with Gasteiger partial charge in [0.25, 0.3) is 0 Å². The van der Waals surface area contributed by atoms with Crippen LogP contribution in [-0.2, 0) is 0 Å². The summed E-state index contributed by atoms with van der Waals surface area (Å²) < 4.78 is 1.81. The summed E-state index contributed by atoms with van der Waals surface area (Å²) in [5, 5.41) is 17.3. The summed E-state index contributed by atoms with van der Waals surface area (Å²) in [5.74, 6) is 0.254. The lowest BCUT2D eigenvalue weighted by atomic mass is 10.1. The molecule has 84 valence electrons. The number of thiophene rings is 1. The van der Waals surface area contributed by atoms with Gasteiger partial charge in [-0.1, -0.05) is 12.1 Å². The number of rotatable bonds is 2. The van der Waals surface area contributed by atoms with Crippen molar-refractivity contribution in [2.45, 2.75) is 0 Å². The smallest absolute Gasteiger partial charge is 0.125 e. The van der Waals surface area contributed by atoms with E-state index in [1.165, 1.54) is 0 Å². The summed E-state index contributed by atoms with van der Waals surface area (Å²) in [7, 11) is 0. The Kier molecular flexibility index (Phi) is 2.42. The van der Waals surface area contributed by atoms with E-state index in [1.54, 1.807) is 23.5 Å². The van der Waals surface area contributed by atoms with Gasteiger partial charge in [-0.25, -0.2) is 4.68 Å². The zero-order valence-corrected chi connectivity index (χ0v) is 9.76. The van der Waals surface area contributed by atoms with Gasteiger partial charge in [0.1, 0.15) is 10.8 Å². The fraction of sp³-hybridized carbons (Fsp3) is 0. The molecule has 1 N–H and O–H groups in total. The van der Waals surface area contributed by atoms with Crippen LogP contribution in [0.25, 0.3) is 16.3 Å². The van der Waals surface area contributed by atoms with Crippen LogP contribution in [0.1, 0.15) is 0 Å². The van der Waals surface area contributed by atoms with Crippen molar-refractivity contribution in [3.8, 4) is 22.0 Å². The zero-order chi connectivity index (χ0) is 11.7. The molecule has 2 heterocycles. The summed E-state index contributed by atoms with van der Waals surface area (Å²) in [6, 6.07) is 13.1. The fourth-order valence-corrected chi connectivity index (χ4v) is 2.34. The molecule has 0 saturated heterocycles. The van der Waals surface area contributed by atoms with Gasteiger partial charge < -0.3 is 5.11 Å². The number of phenols is 1. The number of hydrogen-bond acceptors (Lipinski definition) is 3. The van der Waals surface area contributed by atoms with Crippen LogP contribution in [0, 0.1) is 0 Å². The normalized spacial score (nSPS) is 10.6. The molecule has 2 aromatic heterocycles. The van der Waals surface area contributed by atoms with Crippen LogP contribution in [0.15, 0.2) is 54.0 Å². The standard InChI is InChI=1S/C13H10N2OS/c16-12-5-2-1-4-10(12)11-7-8-15(14-11)13-6-3-9-17-13/h1-9,16H. The largest absolute Gasteiger partial charge is 0.507 e. The number of nitrogens with zero attached hydrogens (tertiary/aromatic N) is 2. The Hall–Kier alpha value is -2.07. The van der Waals surface area contributed by atoms with Crippen LogP contribution in [-0.4, -0.2) is 14.9 Å². The topological polar surface area (TPSA) is 38.0 Å². The van der Waals surface area contributed by atoms with E-state index in [0.717, 1.165) is 16.3 Å². The maximum atomic E-state index is 9.76. The Labute approximate surface area is 103 Å². The lowest BCUT2D eigenvalue weighted by molar-refractivity contribution is 0.477. The first-order valence-corrected chi connectivity index (χ1v) is 6.10. The van der Waals surface area contributed by atoms with E-state index < -0.39 is 0 Å². The molecule has 0 amide bonds. The lowest BCUT2D eigenvalue weighted by Crippen LogP contribution is -1.91. The Morgan fingerprint density at radius 1 is 1.06 bits per heavy atom. The van der Waals surface area contributed by atoms with Crippen molar-refractivity contribution in [2.24, 2.45) is 0 Å². The number of aromatic nitrogens is 2. The summed E-state index contributed by atoms with van der Waals surface area (Å²) in [6.07, 6.45) is 1.90. The van der Waals surface area contributed by atoms with Crippen molar-refractivity contribution < 1.29 is 5.11 Å². The molecule has 1 aromatic carbocycles. The average Bonchev–Trinajstić information content (AvgIpc) is 3.00. The van der Waals surface area contributed by atoms with Crippen molar-refractivity contribution in [3.63, 3.8) is 0 Å². The summed E-state index contributed by atoms with van der Waals surface area (Å²) in [6.45, 7) is 0. The molecule has 17 heavy (non-hydrogen) atoms. The molecule has 4 heteroatoms. The molecular weight excluding hydrogens is 232 g/mol. The summed E-state index contributed by atoms with van der Waals surface area (Å²) in [5.41, 5.74) is 1.53. The zero-order valence-electron chi connectivity index (χ0n) is 8.95. The molecule has 3 nitrogen and oxygen atoms in total. The molecule has 3 aromatic rings. The van der Waals surface area contributed by atoms with Gasteiger partial charge in [-0.05, 0) is 35.7 Å². The van der Waals surface area contributed by atoms with E-state index in [4.69, 9.17) is 0 Å². The predicted molar refractivity (Wildman–Crippen MR) is 68.5 cm³/mol. The first-order valence-electron chi connectivity index (χ1n) is 5.22. The minimum Gasteiger partial charge on any atom is -0.507 e. The molecule has 0 spiro atoms. The average molecular weight is 242 g/mol. The predicted octanol–water partition coefficient (Wildman–Crippen LogP) is 3.31. The van der Waals surface area contributed by atoms with Gasteiger partial charge >= 0.3 is 0 Å². The maximum Gasteiger partial charge on any atom is 0.125 e. The molecule has 0 aliphatic carbocycles. The molecule has 0 aliphatic heterocycles. The molecule has 0 unspecified atom stereocenters. The minimum atomic E-state index is 0.254. The Morgan fingerprint density at radius 2 is 1.94 bits per heavy atom. The van der Waals surface area contributed by atoms with Crippen LogP contribution >= 0.6 is 11.3 Å². The van der Waals surface area contributed by atoms with Crippen molar-refractivity contribution in [3.05, 3.63) is 54.0 Å². The van der Waals surface area contributed by atoms with E-state index in [2.05, 4.69) is 5.10 Å². The Bertz CT molecular complexity index is 628. The van der Waals surface area contributed by atoms with Gasteiger partial charge in [0.15, 0.2) is 0 Å². The van der Waals surface area contributed by atoms with Gasteiger partial charge in [-0.15, -0.1) is 11.3 Å². The van der Waals surface area contributed by atoms with E-state index in [-0.39, 0.29) is 5.75 Å². The van der Waals surface area contributed by atoms with Crippen LogP contribution < -0.4 is 0 Å². The summed E-state index contributed by atoms with van der Waals surface area (Å²) in [4.78, 5) is 0. The van der Waals surface area contributed by atoms with Gasteiger partial charge in [-0.3, -0.25) is 0 Å². The molecular formula is C13H10N2OS. The van der Waals surface area contributed by atoms with E-state index in [0.29, 0.717) is 0 Å². The Morgan fingerprint density at radius 3 is 2.71 bits per heavy atom. The molecule has 0 atom stereocenters. The minimum absolute atomic E-state index is 0.254. The monoisotopic (exact) mass is 242 g/mol. The summed E-state index contributed by atoms with van der Waals surface area (Å²) >= 11 is 1.63. The number of hydrogen-bond donors (Lipinski definition) is 1. The van der Waals surface area contributed by atoms with Gasteiger partial charge in [-0.2, -0.15) is 5.10 Å². The second kappa shape index (κ2) is 4.07. The van der Waals surface area contributed by atoms with E-state index in [9.17, 15) is 5.11 Å². The highest BCUT2D eigenvalue weighted by molar-refractivity contribution is 7.12. The highest BCUT2D eigenvalue weighted by Gasteiger charge is 2.07. The third-order valence-electron chi connectivity index (χ3n) is 2.50. The number of phenolic OH excluding ortho intramolecular Hbond substituents is 1. The molecule has 0 fully saturated rings. The molecule has 0 saturated carbocycles. The molecule has 0 bridgehead atoms. The third kappa shape index (κ3) is 1.83. The van der Waals surface area contributed by atoms with Gasteiger partial charge in [0.05, 0.1) is 5.69 Å². The third-order valence-corrected chi connectivity index (χ3v) is 3.36. The number of aromatic hydroxyl groups is 1. The SMILES string of the molecule is Oc1ccccc1-c1ccn(-c2cccs2)n1.